The quantitative estimate of drug-likeness (QED) is 0.498. The van der Waals surface area contributed by atoms with Crippen LogP contribution in [0, 0.1) is 0 Å². The summed E-state index contributed by atoms with van der Waals surface area (Å²) in [6.07, 6.45) is 6.07. The molecule has 0 bridgehead atoms. The van der Waals surface area contributed by atoms with Crippen molar-refractivity contribution in [1.82, 2.24) is 0 Å². The SMILES string of the molecule is NC(=O)c1ccc(N)c(NCC2(O)CCCCCC2)c1. The summed E-state index contributed by atoms with van der Waals surface area (Å²) in [5.74, 6) is -0.485. The highest BCUT2D eigenvalue weighted by molar-refractivity contribution is 5.94. The van der Waals surface area contributed by atoms with E-state index in [0.717, 1.165) is 25.7 Å². The highest BCUT2D eigenvalue weighted by Gasteiger charge is 2.27. The van der Waals surface area contributed by atoms with Crippen LogP contribution in [0.25, 0.3) is 0 Å². The lowest BCUT2D eigenvalue weighted by Crippen LogP contribution is -2.36. The number of nitrogen functional groups attached to an aromatic ring is 1. The fourth-order valence-electron chi connectivity index (χ4n) is 2.69. The predicted molar refractivity (Wildman–Crippen MR) is 80.5 cm³/mol. The number of rotatable bonds is 4. The highest BCUT2D eigenvalue weighted by Crippen LogP contribution is 2.28. The van der Waals surface area contributed by atoms with Gasteiger partial charge >= 0.3 is 0 Å². The first-order chi connectivity index (χ1) is 9.50. The third-order valence-corrected chi connectivity index (χ3v) is 3.98. The molecule has 5 heteroatoms. The first kappa shape index (κ1) is 14.7. The minimum Gasteiger partial charge on any atom is -0.397 e. The summed E-state index contributed by atoms with van der Waals surface area (Å²) in [7, 11) is 0. The standard InChI is InChI=1S/C15H23N3O2/c16-12-6-5-11(14(17)19)9-13(12)18-10-15(20)7-3-1-2-4-8-15/h5-6,9,18,20H,1-4,7-8,10,16H2,(H2,17,19). The summed E-state index contributed by atoms with van der Waals surface area (Å²) in [5.41, 5.74) is 12.1. The second-order valence-corrected chi connectivity index (χ2v) is 5.66. The molecule has 1 aliphatic carbocycles. The molecule has 1 saturated carbocycles. The van der Waals surface area contributed by atoms with E-state index in [0.29, 0.717) is 23.5 Å². The third-order valence-electron chi connectivity index (χ3n) is 3.98. The van der Waals surface area contributed by atoms with E-state index in [2.05, 4.69) is 5.32 Å². The monoisotopic (exact) mass is 277 g/mol. The smallest absolute Gasteiger partial charge is 0.248 e. The molecule has 0 unspecified atom stereocenters. The van der Waals surface area contributed by atoms with E-state index in [1.807, 2.05) is 0 Å². The molecule has 1 aromatic carbocycles. The van der Waals surface area contributed by atoms with Crippen LogP contribution in [-0.4, -0.2) is 23.2 Å². The van der Waals surface area contributed by atoms with E-state index in [1.54, 1.807) is 18.2 Å². The predicted octanol–water partition coefficient (Wildman–Crippen LogP) is 1.86. The third kappa shape index (κ3) is 3.63. The molecule has 0 aromatic heterocycles. The van der Waals surface area contributed by atoms with Crippen LogP contribution in [0.15, 0.2) is 18.2 Å². The minimum atomic E-state index is -0.689. The number of carbonyl (C=O) groups excluding carboxylic acids is 1. The normalized spacial score (nSPS) is 18.2. The van der Waals surface area contributed by atoms with Crippen molar-refractivity contribution in [2.24, 2.45) is 5.73 Å². The summed E-state index contributed by atoms with van der Waals surface area (Å²) in [5, 5.41) is 13.8. The van der Waals surface area contributed by atoms with Crippen LogP contribution in [-0.2, 0) is 0 Å². The summed E-state index contributed by atoms with van der Waals surface area (Å²) in [4.78, 5) is 11.2. The number of primary amides is 1. The van der Waals surface area contributed by atoms with Gasteiger partial charge in [0.2, 0.25) is 5.91 Å². The topological polar surface area (TPSA) is 101 Å². The molecule has 1 aromatic rings. The van der Waals surface area contributed by atoms with Gasteiger partial charge in [-0.2, -0.15) is 0 Å². The molecule has 0 heterocycles. The van der Waals surface area contributed by atoms with Gasteiger partial charge in [-0.05, 0) is 31.0 Å². The van der Waals surface area contributed by atoms with Gasteiger partial charge in [-0.15, -0.1) is 0 Å². The van der Waals surface area contributed by atoms with E-state index in [-0.39, 0.29) is 0 Å². The Labute approximate surface area is 119 Å². The first-order valence-electron chi connectivity index (χ1n) is 7.16. The molecule has 6 N–H and O–H groups in total. The van der Waals surface area contributed by atoms with E-state index >= 15 is 0 Å². The number of aliphatic hydroxyl groups is 1. The van der Waals surface area contributed by atoms with Crippen molar-refractivity contribution in [1.29, 1.82) is 0 Å². The second kappa shape index (κ2) is 6.13. The summed E-state index contributed by atoms with van der Waals surface area (Å²) in [6.45, 7) is 0.444. The first-order valence-corrected chi connectivity index (χ1v) is 7.16. The maximum atomic E-state index is 11.2. The van der Waals surface area contributed by atoms with Gasteiger partial charge in [0.25, 0.3) is 0 Å². The van der Waals surface area contributed by atoms with Crippen LogP contribution in [0.4, 0.5) is 11.4 Å². The van der Waals surface area contributed by atoms with Crippen LogP contribution < -0.4 is 16.8 Å². The van der Waals surface area contributed by atoms with Crippen molar-refractivity contribution in [3.63, 3.8) is 0 Å². The molecule has 20 heavy (non-hydrogen) atoms. The number of amides is 1. The Morgan fingerprint density at radius 2 is 1.90 bits per heavy atom. The van der Waals surface area contributed by atoms with Crippen LogP contribution in [0.2, 0.25) is 0 Å². The maximum absolute atomic E-state index is 11.2. The zero-order chi connectivity index (χ0) is 14.6. The van der Waals surface area contributed by atoms with E-state index < -0.39 is 11.5 Å². The molecule has 1 aliphatic rings. The van der Waals surface area contributed by atoms with E-state index in [4.69, 9.17) is 11.5 Å². The molecule has 0 aliphatic heterocycles. The Balaban J connectivity index is 2.05. The van der Waals surface area contributed by atoms with Crippen LogP contribution in [0.3, 0.4) is 0 Å². The fourth-order valence-corrected chi connectivity index (χ4v) is 2.69. The Bertz CT molecular complexity index is 480. The molecular weight excluding hydrogens is 254 g/mol. The van der Waals surface area contributed by atoms with Gasteiger partial charge in [0, 0.05) is 12.1 Å². The van der Waals surface area contributed by atoms with Crippen molar-refractivity contribution in [3.05, 3.63) is 23.8 Å². The van der Waals surface area contributed by atoms with Gasteiger partial charge in [0.15, 0.2) is 0 Å². The molecule has 0 saturated heterocycles. The number of hydrogen-bond acceptors (Lipinski definition) is 4. The van der Waals surface area contributed by atoms with Crippen molar-refractivity contribution in [3.8, 4) is 0 Å². The van der Waals surface area contributed by atoms with Gasteiger partial charge in [0.1, 0.15) is 0 Å². The van der Waals surface area contributed by atoms with E-state index in [9.17, 15) is 9.90 Å². The van der Waals surface area contributed by atoms with E-state index in [1.165, 1.54) is 12.8 Å². The van der Waals surface area contributed by atoms with Gasteiger partial charge in [0.05, 0.1) is 17.0 Å². The Morgan fingerprint density at radius 1 is 1.25 bits per heavy atom. The van der Waals surface area contributed by atoms with Crippen molar-refractivity contribution < 1.29 is 9.90 Å². The number of benzene rings is 1. The molecular formula is C15H23N3O2. The number of hydrogen-bond donors (Lipinski definition) is 4. The summed E-state index contributed by atoms with van der Waals surface area (Å²) in [6, 6.07) is 4.89. The zero-order valence-electron chi connectivity index (χ0n) is 11.7. The number of nitrogens with one attached hydrogen (secondary N) is 1. The fraction of sp³-hybridized carbons (Fsp3) is 0.533. The number of nitrogens with two attached hydrogens (primary N) is 2. The van der Waals surface area contributed by atoms with Crippen LogP contribution >= 0.6 is 0 Å². The van der Waals surface area contributed by atoms with Crippen molar-refractivity contribution >= 4 is 17.3 Å². The average Bonchev–Trinajstić information content (AvgIpc) is 2.63. The van der Waals surface area contributed by atoms with Gasteiger partial charge in [-0.1, -0.05) is 25.7 Å². The summed E-state index contributed by atoms with van der Waals surface area (Å²) < 4.78 is 0. The van der Waals surface area contributed by atoms with Gasteiger partial charge in [-0.25, -0.2) is 0 Å². The summed E-state index contributed by atoms with van der Waals surface area (Å²) >= 11 is 0. The molecule has 0 radical (unpaired) electrons. The lowest BCUT2D eigenvalue weighted by molar-refractivity contribution is 0.0381. The molecule has 0 atom stereocenters. The van der Waals surface area contributed by atoms with Crippen LogP contribution in [0.1, 0.15) is 48.9 Å². The van der Waals surface area contributed by atoms with Crippen molar-refractivity contribution in [2.45, 2.75) is 44.1 Å². The number of carbonyl (C=O) groups is 1. The Morgan fingerprint density at radius 3 is 2.50 bits per heavy atom. The lowest BCUT2D eigenvalue weighted by Gasteiger charge is -2.27. The average molecular weight is 277 g/mol. The van der Waals surface area contributed by atoms with Crippen molar-refractivity contribution in [2.75, 3.05) is 17.6 Å². The Hall–Kier alpha value is -1.75. The van der Waals surface area contributed by atoms with Gasteiger partial charge in [-0.3, -0.25) is 4.79 Å². The minimum absolute atomic E-state index is 0.412. The molecule has 0 spiro atoms. The lowest BCUT2D eigenvalue weighted by atomic mass is 9.94. The zero-order valence-corrected chi connectivity index (χ0v) is 11.7. The largest absolute Gasteiger partial charge is 0.397 e. The molecule has 5 nitrogen and oxygen atoms in total. The second-order valence-electron chi connectivity index (χ2n) is 5.66. The molecule has 2 rings (SSSR count). The van der Waals surface area contributed by atoms with Gasteiger partial charge < -0.3 is 21.9 Å². The van der Waals surface area contributed by atoms with Crippen LogP contribution in [0.5, 0.6) is 0 Å². The molecule has 110 valence electrons. The Kier molecular flexibility index (Phi) is 4.49. The maximum Gasteiger partial charge on any atom is 0.248 e. The number of anilines is 2. The molecule has 1 amide bonds. The molecule has 1 fully saturated rings. The highest BCUT2D eigenvalue weighted by atomic mass is 16.3.